The Balaban J connectivity index is 2.50. The van der Waals surface area contributed by atoms with Crippen LogP contribution in [0.3, 0.4) is 0 Å². The topological polar surface area (TPSA) is 31.2 Å². The predicted octanol–water partition coefficient (Wildman–Crippen LogP) is 3.21. The molecule has 0 amide bonds. The second-order valence-corrected chi connectivity index (χ2v) is 4.58. The number of carbonyl (C=O) groups excluding carboxylic acids is 1. The van der Waals surface area contributed by atoms with Crippen molar-refractivity contribution < 1.29 is 9.53 Å². The van der Waals surface area contributed by atoms with Crippen LogP contribution in [0.15, 0.2) is 30.5 Å². The Kier molecular flexibility index (Phi) is 3.84. The number of esters is 1. The van der Waals surface area contributed by atoms with E-state index in [-0.39, 0.29) is 5.97 Å². The first-order chi connectivity index (χ1) is 8.27. The van der Waals surface area contributed by atoms with Crippen LogP contribution in [0.5, 0.6) is 0 Å². The zero-order valence-electron chi connectivity index (χ0n) is 9.65. The van der Waals surface area contributed by atoms with Crippen molar-refractivity contribution in [2.75, 3.05) is 12.4 Å². The number of fused-ring (bicyclic) bond motifs is 1. The summed E-state index contributed by atoms with van der Waals surface area (Å²) >= 11 is 3.42. The van der Waals surface area contributed by atoms with Gasteiger partial charge in [0.15, 0.2) is 0 Å². The number of hydrogen-bond donors (Lipinski definition) is 0. The van der Waals surface area contributed by atoms with Gasteiger partial charge in [-0.15, -0.1) is 0 Å². The Labute approximate surface area is 108 Å². The van der Waals surface area contributed by atoms with Gasteiger partial charge in [-0.3, -0.25) is 0 Å². The fourth-order valence-electron chi connectivity index (χ4n) is 1.93. The number of aromatic nitrogens is 1. The van der Waals surface area contributed by atoms with Gasteiger partial charge in [0.05, 0.1) is 12.7 Å². The van der Waals surface area contributed by atoms with E-state index in [1.165, 1.54) is 7.11 Å². The zero-order chi connectivity index (χ0) is 12.3. The third kappa shape index (κ3) is 2.36. The molecule has 0 aliphatic heterocycles. The lowest BCUT2D eigenvalue weighted by molar-refractivity contribution is 0.0602. The molecule has 4 heteroatoms. The number of ether oxygens (including phenoxy) is 1. The molecule has 0 spiro atoms. The number of halogens is 1. The Morgan fingerprint density at radius 1 is 1.41 bits per heavy atom. The van der Waals surface area contributed by atoms with Crippen molar-refractivity contribution in [3.05, 3.63) is 36.0 Å². The highest BCUT2D eigenvalue weighted by atomic mass is 79.9. The summed E-state index contributed by atoms with van der Waals surface area (Å²) in [4.78, 5) is 11.7. The van der Waals surface area contributed by atoms with Gasteiger partial charge in [-0.25, -0.2) is 4.79 Å². The van der Waals surface area contributed by atoms with Crippen LogP contribution in [0.1, 0.15) is 16.8 Å². The number of benzene rings is 1. The number of carbonyl (C=O) groups is 1. The molecule has 2 rings (SSSR count). The summed E-state index contributed by atoms with van der Waals surface area (Å²) in [6, 6.07) is 7.89. The highest BCUT2D eigenvalue weighted by Gasteiger charge is 2.14. The summed E-state index contributed by atoms with van der Waals surface area (Å²) < 4.78 is 6.90. The fourth-order valence-corrected chi connectivity index (χ4v) is 2.19. The largest absolute Gasteiger partial charge is 0.465 e. The SMILES string of the molecule is COC(=O)c1cn(CCCBr)c2ccccc12. The van der Waals surface area contributed by atoms with Crippen molar-refractivity contribution in [3.63, 3.8) is 0 Å². The molecule has 17 heavy (non-hydrogen) atoms. The van der Waals surface area contributed by atoms with E-state index in [0.29, 0.717) is 5.56 Å². The molecule has 0 bridgehead atoms. The van der Waals surface area contributed by atoms with E-state index in [0.717, 1.165) is 29.2 Å². The van der Waals surface area contributed by atoms with E-state index >= 15 is 0 Å². The van der Waals surface area contributed by atoms with E-state index in [2.05, 4.69) is 20.5 Å². The number of aryl methyl sites for hydroxylation is 1. The lowest BCUT2D eigenvalue weighted by atomic mass is 10.2. The van der Waals surface area contributed by atoms with Crippen LogP contribution in [0.4, 0.5) is 0 Å². The number of nitrogens with zero attached hydrogens (tertiary/aromatic N) is 1. The molecule has 90 valence electrons. The summed E-state index contributed by atoms with van der Waals surface area (Å²) in [6.07, 6.45) is 2.90. The van der Waals surface area contributed by atoms with E-state index in [1.807, 2.05) is 30.5 Å². The summed E-state index contributed by atoms with van der Waals surface area (Å²) in [5.41, 5.74) is 1.71. The highest BCUT2D eigenvalue weighted by molar-refractivity contribution is 9.09. The molecule has 0 saturated carbocycles. The number of rotatable bonds is 4. The third-order valence-corrected chi connectivity index (χ3v) is 3.29. The van der Waals surface area contributed by atoms with E-state index in [9.17, 15) is 4.79 Å². The van der Waals surface area contributed by atoms with Crippen LogP contribution in [0.2, 0.25) is 0 Å². The molecule has 0 fully saturated rings. The summed E-state index contributed by atoms with van der Waals surface area (Å²) in [6.45, 7) is 0.892. The van der Waals surface area contributed by atoms with E-state index < -0.39 is 0 Å². The highest BCUT2D eigenvalue weighted by Crippen LogP contribution is 2.22. The number of methoxy groups -OCH3 is 1. The molecule has 0 unspecified atom stereocenters. The van der Waals surface area contributed by atoms with Crippen LogP contribution in [0, 0.1) is 0 Å². The third-order valence-electron chi connectivity index (χ3n) is 2.73. The van der Waals surface area contributed by atoms with Crippen molar-refractivity contribution in [2.45, 2.75) is 13.0 Å². The van der Waals surface area contributed by atoms with Gasteiger partial charge in [-0.1, -0.05) is 34.1 Å². The molecule has 0 radical (unpaired) electrons. The second-order valence-electron chi connectivity index (χ2n) is 3.79. The molecule has 1 heterocycles. The van der Waals surface area contributed by atoms with Gasteiger partial charge in [0.25, 0.3) is 0 Å². The molecule has 0 aliphatic rings. The normalized spacial score (nSPS) is 10.7. The van der Waals surface area contributed by atoms with E-state index in [1.54, 1.807) is 0 Å². The van der Waals surface area contributed by atoms with Gasteiger partial charge in [0.1, 0.15) is 0 Å². The predicted molar refractivity (Wildman–Crippen MR) is 71.7 cm³/mol. The van der Waals surface area contributed by atoms with Gasteiger partial charge in [0, 0.05) is 29.0 Å². The second kappa shape index (κ2) is 5.36. The molecule has 1 aromatic heterocycles. The maximum Gasteiger partial charge on any atom is 0.340 e. The van der Waals surface area contributed by atoms with Crippen LogP contribution in [-0.2, 0) is 11.3 Å². The molecular formula is C13H14BrNO2. The van der Waals surface area contributed by atoms with Crippen molar-refractivity contribution in [1.29, 1.82) is 0 Å². The van der Waals surface area contributed by atoms with Crippen LogP contribution >= 0.6 is 15.9 Å². The molecule has 2 aromatic rings. The Bertz CT molecular complexity index is 533. The first kappa shape index (κ1) is 12.2. The zero-order valence-corrected chi connectivity index (χ0v) is 11.2. The molecule has 0 aliphatic carbocycles. The smallest absolute Gasteiger partial charge is 0.340 e. The van der Waals surface area contributed by atoms with Crippen molar-refractivity contribution in [1.82, 2.24) is 4.57 Å². The maximum atomic E-state index is 11.7. The van der Waals surface area contributed by atoms with Crippen LogP contribution < -0.4 is 0 Å². The summed E-state index contributed by atoms with van der Waals surface area (Å²) in [5, 5.41) is 1.90. The molecule has 3 nitrogen and oxygen atoms in total. The lowest BCUT2D eigenvalue weighted by Crippen LogP contribution is -2.00. The molecule has 0 saturated heterocycles. The number of alkyl halides is 1. The fraction of sp³-hybridized carbons (Fsp3) is 0.308. The minimum atomic E-state index is -0.279. The molecule has 0 N–H and O–H groups in total. The quantitative estimate of drug-likeness (QED) is 0.641. The van der Waals surface area contributed by atoms with Crippen LogP contribution in [-0.4, -0.2) is 23.0 Å². The lowest BCUT2D eigenvalue weighted by Gasteiger charge is -2.02. The summed E-state index contributed by atoms with van der Waals surface area (Å²) in [5.74, 6) is -0.279. The Morgan fingerprint density at radius 2 is 2.18 bits per heavy atom. The van der Waals surface area contributed by atoms with Gasteiger partial charge in [-0.05, 0) is 12.5 Å². The first-order valence-corrected chi connectivity index (χ1v) is 6.62. The van der Waals surface area contributed by atoms with Gasteiger partial charge in [-0.2, -0.15) is 0 Å². The van der Waals surface area contributed by atoms with Crippen molar-refractivity contribution >= 4 is 32.8 Å². The van der Waals surface area contributed by atoms with Crippen LogP contribution in [0.25, 0.3) is 10.9 Å². The Morgan fingerprint density at radius 3 is 2.88 bits per heavy atom. The van der Waals surface area contributed by atoms with Gasteiger partial charge in [0.2, 0.25) is 0 Å². The average Bonchev–Trinajstić information content (AvgIpc) is 2.74. The van der Waals surface area contributed by atoms with Crippen molar-refractivity contribution in [3.8, 4) is 0 Å². The first-order valence-electron chi connectivity index (χ1n) is 5.50. The molecular weight excluding hydrogens is 282 g/mol. The van der Waals surface area contributed by atoms with Gasteiger partial charge < -0.3 is 9.30 Å². The van der Waals surface area contributed by atoms with E-state index in [4.69, 9.17) is 4.74 Å². The van der Waals surface area contributed by atoms with Gasteiger partial charge >= 0.3 is 5.97 Å². The van der Waals surface area contributed by atoms with Crippen molar-refractivity contribution in [2.24, 2.45) is 0 Å². The standard InChI is InChI=1S/C13H14BrNO2/c1-17-13(16)11-9-15(8-4-7-14)12-6-3-2-5-10(11)12/h2-3,5-6,9H,4,7-8H2,1H3. The summed E-state index contributed by atoms with van der Waals surface area (Å²) in [7, 11) is 1.41. The maximum absolute atomic E-state index is 11.7. The average molecular weight is 296 g/mol. The Hall–Kier alpha value is -1.29. The minimum absolute atomic E-state index is 0.279. The molecule has 1 aromatic carbocycles. The molecule has 0 atom stereocenters. The number of hydrogen-bond acceptors (Lipinski definition) is 2. The monoisotopic (exact) mass is 295 g/mol. The minimum Gasteiger partial charge on any atom is -0.465 e. The number of para-hydroxylation sites is 1.